The van der Waals surface area contributed by atoms with E-state index in [1.54, 1.807) is 31.2 Å². The first-order chi connectivity index (χ1) is 11.5. The number of H-pyrrole nitrogens is 1. The lowest BCUT2D eigenvalue weighted by atomic mass is 10.0. The Labute approximate surface area is 138 Å². The smallest absolute Gasteiger partial charge is 0.343 e. The molecule has 24 heavy (non-hydrogen) atoms. The molecule has 0 bridgehead atoms. The van der Waals surface area contributed by atoms with Crippen LogP contribution in [0, 0.1) is 18.3 Å². The summed E-state index contributed by atoms with van der Waals surface area (Å²) in [6.07, 6.45) is 0. The van der Waals surface area contributed by atoms with E-state index in [1.807, 2.05) is 6.07 Å². The molecule has 1 N–H and O–H groups in total. The quantitative estimate of drug-likeness (QED) is 0.840. The SMILES string of the molecule is COC(=O)COc1ccc(-c2cc(C)[nH]c(=O)c2C#N)cc1OC. The van der Waals surface area contributed by atoms with Crippen molar-refractivity contribution in [1.29, 1.82) is 5.26 Å². The van der Waals surface area contributed by atoms with E-state index in [0.717, 1.165) is 0 Å². The second kappa shape index (κ2) is 7.33. The van der Waals surface area contributed by atoms with Gasteiger partial charge >= 0.3 is 5.97 Å². The molecule has 2 rings (SSSR count). The standard InChI is InChI=1S/C17H16N2O5/c1-10-6-12(13(8-18)17(21)19-10)11-4-5-14(15(7-11)22-2)24-9-16(20)23-3/h4-7H,9H2,1-3H3,(H,19,21). The van der Waals surface area contributed by atoms with Gasteiger partial charge in [-0.25, -0.2) is 4.79 Å². The molecule has 0 saturated carbocycles. The first-order valence-electron chi connectivity index (χ1n) is 7.02. The molecule has 7 nitrogen and oxygen atoms in total. The Morgan fingerprint density at radius 3 is 2.62 bits per heavy atom. The van der Waals surface area contributed by atoms with Gasteiger partial charge in [0.1, 0.15) is 11.6 Å². The second-order valence-corrected chi connectivity index (χ2v) is 4.91. The fourth-order valence-electron chi connectivity index (χ4n) is 2.18. The number of esters is 1. The molecule has 0 aliphatic carbocycles. The Bertz CT molecular complexity index is 864. The van der Waals surface area contributed by atoms with Gasteiger partial charge in [0.05, 0.1) is 14.2 Å². The predicted molar refractivity (Wildman–Crippen MR) is 86.0 cm³/mol. The van der Waals surface area contributed by atoms with E-state index in [-0.39, 0.29) is 12.2 Å². The number of hydrogen-bond acceptors (Lipinski definition) is 6. The van der Waals surface area contributed by atoms with Crippen LogP contribution in [0.3, 0.4) is 0 Å². The topological polar surface area (TPSA) is 101 Å². The molecule has 0 radical (unpaired) electrons. The molecule has 1 heterocycles. The molecule has 7 heteroatoms. The van der Waals surface area contributed by atoms with E-state index in [4.69, 9.17) is 9.47 Å². The van der Waals surface area contributed by atoms with Crippen LogP contribution in [0.2, 0.25) is 0 Å². The molecule has 0 unspecified atom stereocenters. The number of benzene rings is 1. The van der Waals surface area contributed by atoms with Gasteiger partial charge in [-0.3, -0.25) is 4.79 Å². The zero-order valence-electron chi connectivity index (χ0n) is 13.5. The van der Waals surface area contributed by atoms with Crippen LogP contribution in [-0.4, -0.2) is 31.8 Å². The largest absolute Gasteiger partial charge is 0.493 e. The van der Waals surface area contributed by atoms with Gasteiger partial charge in [0.15, 0.2) is 18.1 Å². The third-order valence-corrected chi connectivity index (χ3v) is 3.33. The number of nitriles is 1. The summed E-state index contributed by atoms with van der Waals surface area (Å²) in [5, 5.41) is 9.23. The lowest BCUT2D eigenvalue weighted by Gasteiger charge is -2.12. The third-order valence-electron chi connectivity index (χ3n) is 3.33. The van der Waals surface area contributed by atoms with Crippen LogP contribution >= 0.6 is 0 Å². The first-order valence-corrected chi connectivity index (χ1v) is 7.02. The van der Waals surface area contributed by atoms with Gasteiger partial charge in [-0.15, -0.1) is 0 Å². The number of rotatable bonds is 5. The van der Waals surface area contributed by atoms with Gasteiger partial charge in [-0.05, 0) is 30.7 Å². The second-order valence-electron chi connectivity index (χ2n) is 4.91. The molecule has 0 fully saturated rings. The summed E-state index contributed by atoms with van der Waals surface area (Å²) < 4.78 is 15.1. The summed E-state index contributed by atoms with van der Waals surface area (Å²) in [4.78, 5) is 25.7. The number of carbonyl (C=O) groups excluding carboxylic acids is 1. The van der Waals surface area contributed by atoms with Crippen molar-refractivity contribution < 1.29 is 19.0 Å². The molecule has 0 spiro atoms. The highest BCUT2D eigenvalue weighted by molar-refractivity contribution is 5.73. The molecule has 0 atom stereocenters. The maximum absolute atomic E-state index is 11.9. The van der Waals surface area contributed by atoms with Crippen molar-refractivity contribution in [3.05, 3.63) is 45.9 Å². The van der Waals surface area contributed by atoms with E-state index in [1.165, 1.54) is 14.2 Å². The van der Waals surface area contributed by atoms with Gasteiger partial charge in [-0.1, -0.05) is 6.07 Å². The molecule has 2 aromatic rings. The van der Waals surface area contributed by atoms with Crippen molar-refractivity contribution in [2.75, 3.05) is 20.8 Å². The number of carbonyl (C=O) groups is 1. The molecular weight excluding hydrogens is 312 g/mol. The predicted octanol–water partition coefficient (Wildman–Crippen LogP) is 1.78. The Morgan fingerprint density at radius 2 is 2.00 bits per heavy atom. The normalized spacial score (nSPS) is 9.92. The number of ether oxygens (including phenoxy) is 3. The Hall–Kier alpha value is -3.27. The minimum atomic E-state index is -0.516. The van der Waals surface area contributed by atoms with Crippen molar-refractivity contribution in [1.82, 2.24) is 4.98 Å². The summed E-state index contributed by atoms with van der Waals surface area (Å²) in [6.45, 7) is 1.48. The van der Waals surface area contributed by atoms with Crippen LogP contribution in [0.25, 0.3) is 11.1 Å². The van der Waals surface area contributed by atoms with Crippen LogP contribution in [-0.2, 0) is 9.53 Å². The van der Waals surface area contributed by atoms with Crippen LogP contribution in [0.5, 0.6) is 11.5 Å². The Morgan fingerprint density at radius 1 is 1.25 bits per heavy atom. The van der Waals surface area contributed by atoms with E-state index in [2.05, 4.69) is 9.72 Å². The van der Waals surface area contributed by atoms with E-state index in [0.29, 0.717) is 28.3 Å². The summed E-state index contributed by atoms with van der Waals surface area (Å²) in [7, 11) is 2.73. The van der Waals surface area contributed by atoms with E-state index < -0.39 is 11.5 Å². The number of hydrogen-bond donors (Lipinski definition) is 1. The number of aromatic nitrogens is 1. The van der Waals surface area contributed by atoms with Crippen molar-refractivity contribution in [2.24, 2.45) is 0 Å². The number of nitrogens with zero attached hydrogens (tertiary/aromatic N) is 1. The molecule has 0 saturated heterocycles. The molecule has 0 aliphatic heterocycles. The molecule has 0 aliphatic rings. The lowest BCUT2D eigenvalue weighted by molar-refractivity contribution is -0.142. The highest BCUT2D eigenvalue weighted by atomic mass is 16.6. The van der Waals surface area contributed by atoms with Crippen molar-refractivity contribution in [2.45, 2.75) is 6.92 Å². The average molecular weight is 328 g/mol. The third kappa shape index (κ3) is 3.55. The maximum atomic E-state index is 11.9. The van der Waals surface area contributed by atoms with Gasteiger partial charge in [-0.2, -0.15) is 5.26 Å². The molecule has 0 amide bonds. The minimum absolute atomic E-state index is 0.0193. The molecule has 1 aromatic carbocycles. The van der Waals surface area contributed by atoms with Crippen LogP contribution in [0.15, 0.2) is 29.1 Å². The van der Waals surface area contributed by atoms with Crippen LogP contribution < -0.4 is 15.0 Å². The molecule has 124 valence electrons. The fourth-order valence-corrected chi connectivity index (χ4v) is 2.18. The van der Waals surface area contributed by atoms with Gasteiger partial charge < -0.3 is 19.2 Å². The van der Waals surface area contributed by atoms with Crippen LogP contribution in [0.1, 0.15) is 11.3 Å². The summed E-state index contributed by atoms with van der Waals surface area (Å²) in [5.74, 6) is 0.211. The average Bonchev–Trinajstić information content (AvgIpc) is 2.58. The lowest BCUT2D eigenvalue weighted by Crippen LogP contribution is -2.13. The minimum Gasteiger partial charge on any atom is -0.493 e. The Balaban J connectivity index is 2.46. The van der Waals surface area contributed by atoms with E-state index in [9.17, 15) is 14.9 Å². The van der Waals surface area contributed by atoms with Gasteiger partial charge in [0.25, 0.3) is 5.56 Å². The van der Waals surface area contributed by atoms with Gasteiger partial charge in [0, 0.05) is 11.3 Å². The zero-order valence-corrected chi connectivity index (χ0v) is 13.5. The summed E-state index contributed by atoms with van der Waals surface area (Å²) in [6, 6.07) is 8.56. The number of pyridine rings is 1. The van der Waals surface area contributed by atoms with Crippen molar-refractivity contribution >= 4 is 5.97 Å². The molecule has 1 aromatic heterocycles. The maximum Gasteiger partial charge on any atom is 0.343 e. The monoisotopic (exact) mass is 328 g/mol. The van der Waals surface area contributed by atoms with Gasteiger partial charge in [0.2, 0.25) is 0 Å². The van der Waals surface area contributed by atoms with Crippen LogP contribution in [0.4, 0.5) is 0 Å². The van der Waals surface area contributed by atoms with Crippen molar-refractivity contribution in [3.8, 4) is 28.7 Å². The van der Waals surface area contributed by atoms with E-state index >= 15 is 0 Å². The summed E-state index contributed by atoms with van der Waals surface area (Å²) >= 11 is 0. The number of aromatic amines is 1. The fraction of sp³-hybridized carbons (Fsp3) is 0.235. The van der Waals surface area contributed by atoms with Crippen molar-refractivity contribution in [3.63, 3.8) is 0 Å². The highest BCUT2D eigenvalue weighted by Gasteiger charge is 2.14. The number of methoxy groups -OCH3 is 2. The Kier molecular flexibility index (Phi) is 5.22. The number of nitrogens with one attached hydrogen (secondary N) is 1. The zero-order chi connectivity index (χ0) is 17.7. The number of aryl methyl sites for hydroxylation is 1. The highest BCUT2D eigenvalue weighted by Crippen LogP contribution is 2.33. The molecular formula is C17H16N2O5. The first kappa shape index (κ1) is 17.1. The summed E-state index contributed by atoms with van der Waals surface area (Å²) in [5.41, 5.74) is 1.34.